The summed E-state index contributed by atoms with van der Waals surface area (Å²) in [6.07, 6.45) is 1.87. The van der Waals surface area contributed by atoms with Gasteiger partial charge in [0.2, 0.25) is 5.91 Å². The Kier molecular flexibility index (Phi) is 5.09. The fourth-order valence-electron chi connectivity index (χ4n) is 2.79. The summed E-state index contributed by atoms with van der Waals surface area (Å²) in [5.41, 5.74) is 2.11. The van der Waals surface area contributed by atoms with Crippen LogP contribution in [0.3, 0.4) is 0 Å². The molecular formula is C20H21ClN2O2. The number of rotatable bonds is 5. The maximum absolute atomic E-state index is 12.8. The number of halogens is 1. The second-order valence-electron chi connectivity index (χ2n) is 6.44. The van der Waals surface area contributed by atoms with E-state index >= 15 is 0 Å². The Morgan fingerprint density at radius 1 is 1.12 bits per heavy atom. The van der Waals surface area contributed by atoms with Gasteiger partial charge in [0.15, 0.2) is 0 Å². The molecule has 1 aliphatic rings. The zero-order valence-electron chi connectivity index (χ0n) is 14.3. The molecule has 4 nitrogen and oxygen atoms in total. The Morgan fingerprint density at radius 2 is 1.76 bits per heavy atom. The molecule has 3 rings (SSSR count). The first-order chi connectivity index (χ1) is 12.0. The van der Waals surface area contributed by atoms with Crippen LogP contribution in [0.1, 0.15) is 41.7 Å². The highest BCUT2D eigenvalue weighted by Gasteiger charge is 2.33. The number of para-hydroxylation sites is 1. The van der Waals surface area contributed by atoms with Crippen LogP contribution in [0.5, 0.6) is 0 Å². The molecule has 1 atom stereocenters. The third-order valence-electron chi connectivity index (χ3n) is 4.48. The number of hydrogen-bond donors (Lipinski definition) is 1. The van der Waals surface area contributed by atoms with E-state index in [9.17, 15) is 9.59 Å². The molecule has 25 heavy (non-hydrogen) atoms. The molecule has 2 aromatic carbocycles. The lowest BCUT2D eigenvalue weighted by Crippen LogP contribution is -2.32. The number of carbonyl (C=O) groups is 2. The molecule has 2 aromatic rings. The number of benzene rings is 2. The summed E-state index contributed by atoms with van der Waals surface area (Å²) < 4.78 is 0. The Morgan fingerprint density at radius 3 is 2.40 bits per heavy atom. The highest BCUT2D eigenvalue weighted by molar-refractivity contribution is 6.30. The number of anilines is 1. The minimum Gasteiger partial charge on any atom is -0.345 e. The Balaban J connectivity index is 1.77. The van der Waals surface area contributed by atoms with Crippen molar-refractivity contribution < 1.29 is 9.59 Å². The van der Waals surface area contributed by atoms with Crippen LogP contribution in [-0.2, 0) is 4.79 Å². The number of nitrogens with zero attached hydrogens (tertiary/aromatic N) is 1. The van der Waals surface area contributed by atoms with Crippen LogP contribution in [0.4, 0.5) is 5.69 Å². The van der Waals surface area contributed by atoms with Crippen LogP contribution >= 0.6 is 11.6 Å². The number of amides is 2. The molecule has 1 fully saturated rings. The monoisotopic (exact) mass is 356 g/mol. The van der Waals surface area contributed by atoms with E-state index in [-0.39, 0.29) is 23.8 Å². The lowest BCUT2D eigenvalue weighted by atomic mass is 10.1. The standard InChI is InChI=1S/C20H21ClN2O2/c1-13(14-9-11-16(21)12-10-14)22-19(24)17-5-3-4-6-18(17)23(2)20(25)15-7-8-15/h3-6,9-13,15H,7-8H2,1-2H3,(H,22,24). The van der Waals surface area contributed by atoms with Gasteiger partial charge in [-0.3, -0.25) is 9.59 Å². The van der Waals surface area contributed by atoms with Gasteiger partial charge in [0.25, 0.3) is 5.91 Å². The van der Waals surface area contributed by atoms with Gasteiger partial charge in [-0.1, -0.05) is 35.9 Å². The van der Waals surface area contributed by atoms with Crippen molar-refractivity contribution in [2.75, 3.05) is 11.9 Å². The smallest absolute Gasteiger partial charge is 0.253 e. The van der Waals surface area contributed by atoms with E-state index in [1.54, 1.807) is 36.2 Å². The van der Waals surface area contributed by atoms with Crippen molar-refractivity contribution in [3.8, 4) is 0 Å². The van der Waals surface area contributed by atoms with Gasteiger partial charge >= 0.3 is 0 Å². The molecule has 130 valence electrons. The van der Waals surface area contributed by atoms with Gasteiger partial charge in [0.05, 0.1) is 17.3 Å². The molecule has 1 saturated carbocycles. The topological polar surface area (TPSA) is 49.4 Å². The second-order valence-corrected chi connectivity index (χ2v) is 6.87. The van der Waals surface area contributed by atoms with Crippen molar-refractivity contribution in [2.45, 2.75) is 25.8 Å². The highest BCUT2D eigenvalue weighted by atomic mass is 35.5. The van der Waals surface area contributed by atoms with Gasteiger partial charge in [-0.25, -0.2) is 0 Å². The molecule has 0 saturated heterocycles. The summed E-state index contributed by atoms with van der Waals surface area (Å²) in [5.74, 6) is -0.0198. The SMILES string of the molecule is CC(NC(=O)c1ccccc1N(C)C(=O)C1CC1)c1ccc(Cl)cc1. The van der Waals surface area contributed by atoms with Gasteiger partial charge in [0.1, 0.15) is 0 Å². The molecule has 2 amide bonds. The van der Waals surface area contributed by atoms with E-state index in [0.29, 0.717) is 16.3 Å². The average molecular weight is 357 g/mol. The third-order valence-corrected chi connectivity index (χ3v) is 4.74. The highest BCUT2D eigenvalue weighted by Crippen LogP contribution is 2.33. The maximum Gasteiger partial charge on any atom is 0.253 e. The molecule has 0 aliphatic heterocycles. The first-order valence-corrected chi connectivity index (χ1v) is 8.78. The van der Waals surface area contributed by atoms with E-state index in [2.05, 4.69) is 5.32 Å². The van der Waals surface area contributed by atoms with Gasteiger partial charge in [-0.15, -0.1) is 0 Å². The molecule has 1 aliphatic carbocycles. The minimum absolute atomic E-state index is 0.0750. The molecule has 5 heteroatoms. The average Bonchev–Trinajstić information content (AvgIpc) is 3.46. The molecular weight excluding hydrogens is 336 g/mol. The first kappa shape index (κ1) is 17.5. The second kappa shape index (κ2) is 7.28. The predicted octanol–water partition coefficient (Wildman–Crippen LogP) is 4.20. The lowest BCUT2D eigenvalue weighted by molar-refractivity contribution is -0.119. The predicted molar refractivity (Wildman–Crippen MR) is 99.9 cm³/mol. The molecule has 0 spiro atoms. The van der Waals surface area contributed by atoms with Crippen molar-refractivity contribution >= 4 is 29.1 Å². The van der Waals surface area contributed by atoms with Gasteiger partial charge in [-0.05, 0) is 49.6 Å². The quantitative estimate of drug-likeness (QED) is 0.872. The van der Waals surface area contributed by atoms with Crippen LogP contribution in [0.2, 0.25) is 5.02 Å². The molecule has 1 unspecified atom stereocenters. The van der Waals surface area contributed by atoms with Crippen LogP contribution in [-0.4, -0.2) is 18.9 Å². The molecule has 0 aromatic heterocycles. The van der Waals surface area contributed by atoms with Gasteiger partial charge < -0.3 is 10.2 Å². The summed E-state index contributed by atoms with van der Waals surface area (Å²) in [6.45, 7) is 1.92. The number of nitrogens with one attached hydrogen (secondary N) is 1. The molecule has 1 N–H and O–H groups in total. The molecule has 0 bridgehead atoms. The van der Waals surface area contributed by atoms with Crippen LogP contribution in [0.15, 0.2) is 48.5 Å². The minimum atomic E-state index is -0.200. The summed E-state index contributed by atoms with van der Waals surface area (Å²) in [5, 5.41) is 3.65. The molecule has 0 radical (unpaired) electrons. The Bertz CT molecular complexity index is 785. The van der Waals surface area contributed by atoms with Gasteiger partial charge in [-0.2, -0.15) is 0 Å². The van der Waals surface area contributed by atoms with Crippen molar-refractivity contribution in [3.63, 3.8) is 0 Å². The summed E-state index contributed by atoms with van der Waals surface area (Å²) in [4.78, 5) is 26.7. The van der Waals surface area contributed by atoms with Crippen LogP contribution in [0, 0.1) is 5.92 Å². The van der Waals surface area contributed by atoms with E-state index in [1.165, 1.54) is 0 Å². The summed E-state index contributed by atoms with van der Waals surface area (Å²) in [7, 11) is 1.73. The Labute approximate surface area is 152 Å². The summed E-state index contributed by atoms with van der Waals surface area (Å²) >= 11 is 5.91. The van der Waals surface area contributed by atoms with Crippen LogP contribution in [0.25, 0.3) is 0 Å². The van der Waals surface area contributed by atoms with E-state index in [1.807, 2.05) is 31.2 Å². The normalized spacial score (nSPS) is 14.7. The van der Waals surface area contributed by atoms with E-state index in [4.69, 9.17) is 11.6 Å². The first-order valence-electron chi connectivity index (χ1n) is 8.40. The summed E-state index contributed by atoms with van der Waals surface area (Å²) in [6, 6.07) is 14.4. The van der Waals surface area contributed by atoms with Crippen LogP contribution < -0.4 is 10.2 Å². The Hall–Kier alpha value is -2.33. The van der Waals surface area contributed by atoms with Crippen molar-refractivity contribution in [1.82, 2.24) is 5.32 Å². The molecule has 0 heterocycles. The van der Waals surface area contributed by atoms with E-state index in [0.717, 1.165) is 18.4 Å². The van der Waals surface area contributed by atoms with Crippen molar-refractivity contribution in [2.24, 2.45) is 5.92 Å². The number of hydrogen-bond acceptors (Lipinski definition) is 2. The van der Waals surface area contributed by atoms with Crippen molar-refractivity contribution in [1.29, 1.82) is 0 Å². The third kappa shape index (κ3) is 4.02. The van der Waals surface area contributed by atoms with Gasteiger partial charge in [0, 0.05) is 18.0 Å². The lowest BCUT2D eigenvalue weighted by Gasteiger charge is -2.21. The number of carbonyl (C=O) groups excluding carboxylic acids is 2. The fourth-order valence-corrected chi connectivity index (χ4v) is 2.92. The largest absolute Gasteiger partial charge is 0.345 e. The van der Waals surface area contributed by atoms with E-state index < -0.39 is 0 Å². The zero-order valence-corrected chi connectivity index (χ0v) is 15.1. The zero-order chi connectivity index (χ0) is 18.0. The fraction of sp³-hybridized carbons (Fsp3) is 0.300. The maximum atomic E-state index is 12.8. The van der Waals surface area contributed by atoms with Crippen molar-refractivity contribution in [3.05, 3.63) is 64.7 Å².